The van der Waals surface area contributed by atoms with Crippen LogP contribution >= 0.6 is 0 Å². The van der Waals surface area contributed by atoms with Crippen LogP contribution in [-0.2, 0) is 11.2 Å². The first-order chi connectivity index (χ1) is 10.0. The molecule has 0 spiro atoms. The zero-order valence-corrected chi connectivity index (χ0v) is 11.4. The molecule has 0 amide bonds. The molecule has 1 aliphatic heterocycles. The van der Waals surface area contributed by atoms with Gasteiger partial charge in [-0.05, 0) is 18.9 Å². The highest BCUT2D eigenvalue weighted by Gasteiger charge is 2.29. The Labute approximate surface area is 120 Å². The number of nitrogens with one attached hydrogen (secondary N) is 1. The van der Waals surface area contributed by atoms with E-state index in [4.69, 9.17) is 9.15 Å². The summed E-state index contributed by atoms with van der Waals surface area (Å²) in [5, 5.41) is 3.86. The van der Waals surface area contributed by atoms with Crippen molar-refractivity contribution in [2.45, 2.75) is 31.5 Å². The maximum Gasteiger partial charge on any atom is 0.393 e. The summed E-state index contributed by atoms with van der Waals surface area (Å²) in [7, 11) is 0. The van der Waals surface area contributed by atoms with Crippen molar-refractivity contribution in [3.8, 4) is 0 Å². The third-order valence-electron chi connectivity index (χ3n) is 3.65. The average molecular weight is 299 g/mol. The molecule has 0 radical (unpaired) electrons. The van der Waals surface area contributed by atoms with Gasteiger partial charge in [-0.3, -0.25) is 0 Å². The van der Waals surface area contributed by atoms with E-state index in [9.17, 15) is 13.2 Å². The first-order valence-electron chi connectivity index (χ1n) is 6.93. The van der Waals surface area contributed by atoms with Gasteiger partial charge in [-0.2, -0.15) is 13.2 Å². The lowest BCUT2D eigenvalue weighted by molar-refractivity contribution is -0.127. The molecule has 0 unspecified atom stereocenters. The zero-order chi connectivity index (χ0) is 14.9. The van der Waals surface area contributed by atoms with E-state index in [1.807, 2.05) is 6.07 Å². The Morgan fingerprint density at radius 1 is 1.19 bits per heavy atom. The number of fused-ring (bicyclic) bond motifs is 1. The van der Waals surface area contributed by atoms with Crippen molar-refractivity contribution in [1.29, 1.82) is 0 Å². The Kier molecular flexibility index (Phi) is 3.80. The molecule has 0 atom stereocenters. The minimum Gasteiger partial charge on any atom is -0.462 e. The Balaban J connectivity index is 1.86. The first-order valence-corrected chi connectivity index (χ1v) is 6.93. The first kappa shape index (κ1) is 14.3. The van der Waals surface area contributed by atoms with E-state index in [1.165, 1.54) is 6.26 Å². The fourth-order valence-electron chi connectivity index (χ4n) is 2.64. The number of benzene rings is 1. The Morgan fingerprint density at radius 3 is 2.67 bits per heavy atom. The van der Waals surface area contributed by atoms with Crippen LogP contribution in [0.4, 0.5) is 18.9 Å². The number of hydrogen-bond acceptors (Lipinski definition) is 3. The molecule has 1 aromatic carbocycles. The molecule has 2 aromatic rings. The van der Waals surface area contributed by atoms with Gasteiger partial charge in [0.2, 0.25) is 0 Å². The molecule has 2 heterocycles. The van der Waals surface area contributed by atoms with E-state index in [1.54, 1.807) is 12.1 Å². The number of halogens is 3. The molecule has 6 heteroatoms. The summed E-state index contributed by atoms with van der Waals surface area (Å²) < 4.78 is 48.3. The molecule has 1 fully saturated rings. The molecule has 0 saturated carbocycles. The molecule has 1 aliphatic rings. The molecule has 1 aromatic heterocycles. The molecule has 114 valence electrons. The van der Waals surface area contributed by atoms with Crippen LogP contribution in [0.2, 0.25) is 0 Å². The van der Waals surface area contributed by atoms with E-state index >= 15 is 0 Å². The second kappa shape index (κ2) is 5.60. The number of rotatable bonds is 3. The minimum absolute atomic E-state index is 0.174. The third kappa shape index (κ3) is 3.32. The highest BCUT2D eigenvalue weighted by molar-refractivity contribution is 5.91. The van der Waals surface area contributed by atoms with Crippen LogP contribution in [0, 0.1) is 0 Å². The van der Waals surface area contributed by atoms with E-state index in [2.05, 4.69) is 5.32 Å². The molecule has 1 N–H and O–H groups in total. The van der Waals surface area contributed by atoms with Crippen LogP contribution in [-0.4, -0.2) is 25.4 Å². The van der Waals surface area contributed by atoms with E-state index < -0.39 is 12.6 Å². The van der Waals surface area contributed by atoms with Crippen molar-refractivity contribution in [3.63, 3.8) is 0 Å². The van der Waals surface area contributed by atoms with E-state index in [-0.39, 0.29) is 11.6 Å². The van der Waals surface area contributed by atoms with Gasteiger partial charge in [0.15, 0.2) is 5.58 Å². The Morgan fingerprint density at radius 2 is 1.95 bits per heavy atom. The van der Waals surface area contributed by atoms with Gasteiger partial charge in [-0.15, -0.1) is 0 Å². The molecule has 3 nitrogen and oxygen atoms in total. The van der Waals surface area contributed by atoms with Gasteiger partial charge >= 0.3 is 6.18 Å². The summed E-state index contributed by atoms with van der Waals surface area (Å²) in [6, 6.07) is 5.51. The number of ether oxygens (including phenoxy) is 1. The van der Waals surface area contributed by atoms with Crippen molar-refractivity contribution in [3.05, 3.63) is 30.0 Å². The SMILES string of the molecule is FC(F)(F)Cc1coc2c(NC3CCOCC3)cccc12. The standard InChI is InChI=1S/C15H16F3NO2/c16-15(17,18)8-10-9-21-14-12(10)2-1-3-13(14)19-11-4-6-20-7-5-11/h1-3,9,11,19H,4-8H2. The van der Waals surface area contributed by atoms with Gasteiger partial charge < -0.3 is 14.5 Å². The van der Waals surface area contributed by atoms with Gasteiger partial charge in [-0.1, -0.05) is 12.1 Å². The number of anilines is 1. The maximum absolute atomic E-state index is 12.5. The van der Waals surface area contributed by atoms with Gasteiger partial charge in [-0.25, -0.2) is 0 Å². The predicted octanol–water partition coefficient (Wildman–Crippen LogP) is 4.13. The number of alkyl halides is 3. The summed E-state index contributed by atoms with van der Waals surface area (Å²) >= 11 is 0. The summed E-state index contributed by atoms with van der Waals surface area (Å²) in [5.74, 6) is 0. The summed E-state index contributed by atoms with van der Waals surface area (Å²) in [6.45, 7) is 1.40. The second-order valence-corrected chi connectivity index (χ2v) is 5.27. The molecule has 0 aliphatic carbocycles. The van der Waals surface area contributed by atoms with Crippen molar-refractivity contribution in [2.24, 2.45) is 0 Å². The number of hydrogen-bond donors (Lipinski definition) is 1. The predicted molar refractivity (Wildman–Crippen MR) is 73.4 cm³/mol. The lowest BCUT2D eigenvalue weighted by atomic mass is 10.1. The minimum atomic E-state index is -4.24. The summed E-state index contributed by atoms with van der Waals surface area (Å²) in [5.41, 5.74) is 1.41. The second-order valence-electron chi connectivity index (χ2n) is 5.27. The van der Waals surface area contributed by atoms with E-state index in [0.717, 1.165) is 18.5 Å². The molecule has 1 saturated heterocycles. The van der Waals surface area contributed by atoms with Gasteiger partial charge in [0.05, 0.1) is 18.4 Å². The number of furan rings is 1. The van der Waals surface area contributed by atoms with Crippen LogP contribution < -0.4 is 5.32 Å². The largest absolute Gasteiger partial charge is 0.462 e. The van der Waals surface area contributed by atoms with Crippen LogP contribution in [0.25, 0.3) is 11.0 Å². The highest BCUT2D eigenvalue weighted by atomic mass is 19.4. The quantitative estimate of drug-likeness (QED) is 0.925. The normalized spacial score (nSPS) is 17.3. The summed E-state index contributed by atoms with van der Waals surface area (Å²) in [4.78, 5) is 0. The summed E-state index contributed by atoms with van der Waals surface area (Å²) in [6.07, 6.45) is -2.24. The molecular formula is C15H16F3NO2. The average Bonchev–Trinajstić information content (AvgIpc) is 2.82. The van der Waals surface area contributed by atoms with Crippen LogP contribution in [0.15, 0.2) is 28.9 Å². The Hall–Kier alpha value is -1.69. The monoisotopic (exact) mass is 299 g/mol. The highest BCUT2D eigenvalue weighted by Crippen LogP contribution is 2.32. The van der Waals surface area contributed by atoms with Gasteiger partial charge in [0.1, 0.15) is 0 Å². The van der Waals surface area contributed by atoms with Crippen LogP contribution in [0.5, 0.6) is 0 Å². The fraction of sp³-hybridized carbons (Fsp3) is 0.467. The smallest absolute Gasteiger partial charge is 0.393 e. The topological polar surface area (TPSA) is 34.4 Å². The third-order valence-corrected chi connectivity index (χ3v) is 3.65. The van der Waals surface area contributed by atoms with Crippen molar-refractivity contribution < 1.29 is 22.3 Å². The van der Waals surface area contributed by atoms with Crippen LogP contribution in [0.1, 0.15) is 18.4 Å². The molecule has 3 rings (SSSR count). The zero-order valence-electron chi connectivity index (χ0n) is 11.4. The fourth-order valence-corrected chi connectivity index (χ4v) is 2.64. The van der Waals surface area contributed by atoms with Gasteiger partial charge in [0, 0.05) is 30.2 Å². The maximum atomic E-state index is 12.5. The molecule has 0 bridgehead atoms. The van der Waals surface area contributed by atoms with Gasteiger partial charge in [0.25, 0.3) is 0 Å². The molecular weight excluding hydrogens is 283 g/mol. The van der Waals surface area contributed by atoms with Crippen molar-refractivity contribution in [2.75, 3.05) is 18.5 Å². The lowest BCUT2D eigenvalue weighted by Gasteiger charge is -2.24. The Bertz CT molecular complexity index is 615. The van der Waals surface area contributed by atoms with Crippen LogP contribution in [0.3, 0.4) is 0 Å². The lowest BCUT2D eigenvalue weighted by Crippen LogP contribution is -2.27. The number of para-hydroxylation sites is 1. The molecule has 21 heavy (non-hydrogen) atoms. The van der Waals surface area contributed by atoms with Crippen molar-refractivity contribution in [1.82, 2.24) is 0 Å². The van der Waals surface area contributed by atoms with E-state index in [0.29, 0.717) is 24.2 Å². The van der Waals surface area contributed by atoms with Crippen molar-refractivity contribution >= 4 is 16.7 Å².